The van der Waals surface area contributed by atoms with Gasteiger partial charge in [0.25, 0.3) is 5.91 Å². The summed E-state index contributed by atoms with van der Waals surface area (Å²) in [5.41, 5.74) is 0.535. The van der Waals surface area contributed by atoms with Crippen LogP contribution in [0.5, 0.6) is 0 Å². The number of carbonyl (C=O) groups excluding carboxylic acids is 2. The lowest BCUT2D eigenvalue weighted by atomic mass is 9.95. The second-order valence-electron chi connectivity index (χ2n) is 7.98. The molecular formula is C23H24F2N6O2. The predicted molar refractivity (Wildman–Crippen MR) is 117 cm³/mol. The molecule has 0 unspecified atom stereocenters. The van der Waals surface area contributed by atoms with Crippen LogP contribution in [0.25, 0.3) is 11.4 Å². The molecule has 1 aliphatic rings. The Morgan fingerprint density at radius 3 is 2.48 bits per heavy atom. The fraction of sp³-hybridized carbons (Fsp3) is 0.348. The van der Waals surface area contributed by atoms with Gasteiger partial charge in [0.1, 0.15) is 24.7 Å². The van der Waals surface area contributed by atoms with E-state index in [1.54, 1.807) is 6.07 Å². The van der Waals surface area contributed by atoms with Crippen LogP contribution in [-0.2, 0) is 16.1 Å². The van der Waals surface area contributed by atoms with Crippen LogP contribution in [-0.4, -0.2) is 44.6 Å². The normalized spacial score (nSPS) is 14.1. The molecule has 1 aromatic heterocycles. The summed E-state index contributed by atoms with van der Waals surface area (Å²) in [5, 5.41) is 14.9. The number of para-hydroxylation sites is 1. The molecular weight excluding hydrogens is 430 g/mol. The van der Waals surface area contributed by atoms with Crippen LogP contribution in [0.15, 0.2) is 48.5 Å². The molecule has 1 saturated carbocycles. The molecule has 1 aliphatic carbocycles. The zero-order valence-corrected chi connectivity index (χ0v) is 18.0. The van der Waals surface area contributed by atoms with Crippen molar-refractivity contribution in [2.45, 2.75) is 44.7 Å². The number of nitrogens with zero attached hydrogens (tertiary/aromatic N) is 5. The maximum atomic E-state index is 14.5. The van der Waals surface area contributed by atoms with Crippen LogP contribution in [0.4, 0.5) is 14.5 Å². The molecule has 0 bridgehead atoms. The zero-order valence-electron chi connectivity index (χ0n) is 18.0. The molecule has 2 amide bonds. The number of nitrogens with one attached hydrogen (secondary N) is 1. The van der Waals surface area contributed by atoms with Crippen LogP contribution < -0.4 is 10.2 Å². The van der Waals surface area contributed by atoms with Crippen molar-refractivity contribution in [1.29, 1.82) is 0 Å². The third-order valence-electron chi connectivity index (χ3n) is 5.55. The number of rotatable bonds is 7. The van der Waals surface area contributed by atoms with Gasteiger partial charge in [0, 0.05) is 11.6 Å². The first-order valence-corrected chi connectivity index (χ1v) is 10.9. The van der Waals surface area contributed by atoms with Crippen LogP contribution in [0, 0.1) is 11.6 Å². The van der Waals surface area contributed by atoms with E-state index < -0.39 is 17.5 Å². The number of tetrazole rings is 1. The van der Waals surface area contributed by atoms with Gasteiger partial charge in [0.05, 0.1) is 5.69 Å². The van der Waals surface area contributed by atoms with Gasteiger partial charge in [0.15, 0.2) is 0 Å². The van der Waals surface area contributed by atoms with Crippen LogP contribution >= 0.6 is 0 Å². The number of amides is 2. The Kier molecular flexibility index (Phi) is 7.01. The number of halogens is 2. The minimum absolute atomic E-state index is 0.000155. The molecule has 10 heteroatoms. The van der Waals surface area contributed by atoms with E-state index in [1.807, 2.05) is 0 Å². The van der Waals surface area contributed by atoms with Gasteiger partial charge >= 0.3 is 0 Å². The van der Waals surface area contributed by atoms with Gasteiger partial charge < -0.3 is 5.32 Å². The highest BCUT2D eigenvalue weighted by molar-refractivity contribution is 5.98. The standard InChI is InChI=1S/C23H24F2N6O2/c24-17-12-10-16(11-13-17)23-27-29-31(28-23)15-22(33)30(20-9-5-4-8-19(20)25)14-21(32)26-18-6-2-1-3-7-18/h4-5,8-13,18H,1-3,6-7,14-15H2,(H,26,32). The van der Waals surface area contributed by atoms with Crippen LogP contribution in [0.2, 0.25) is 0 Å². The Morgan fingerprint density at radius 2 is 1.76 bits per heavy atom. The number of aromatic nitrogens is 4. The highest BCUT2D eigenvalue weighted by atomic mass is 19.1. The van der Waals surface area contributed by atoms with E-state index in [0.29, 0.717) is 5.56 Å². The third-order valence-corrected chi connectivity index (χ3v) is 5.55. The van der Waals surface area contributed by atoms with Crippen molar-refractivity contribution < 1.29 is 18.4 Å². The van der Waals surface area contributed by atoms with Crippen molar-refractivity contribution in [3.63, 3.8) is 0 Å². The van der Waals surface area contributed by atoms with E-state index in [4.69, 9.17) is 0 Å². The van der Waals surface area contributed by atoms with E-state index in [1.165, 1.54) is 42.5 Å². The van der Waals surface area contributed by atoms with Crippen molar-refractivity contribution in [2.24, 2.45) is 0 Å². The summed E-state index contributed by atoms with van der Waals surface area (Å²) in [4.78, 5) is 27.9. The molecule has 0 atom stereocenters. The summed E-state index contributed by atoms with van der Waals surface area (Å²) in [6, 6.07) is 11.4. The van der Waals surface area contributed by atoms with Gasteiger partial charge in [-0.3, -0.25) is 14.5 Å². The largest absolute Gasteiger partial charge is 0.352 e. The number of benzene rings is 2. The van der Waals surface area contributed by atoms with Gasteiger partial charge in [-0.05, 0) is 54.5 Å². The molecule has 172 valence electrons. The zero-order chi connectivity index (χ0) is 23.2. The molecule has 0 aliphatic heterocycles. The lowest BCUT2D eigenvalue weighted by Gasteiger charge is -2.26. The topological polar surface area (TPSA) is 93.0 Å². The quantitative estimate of drug-likeness (QED) is 0.592. The van der Waals surface area contributed by atoms with E-state index in [-0.39, 0.29) is 36.6 Å². The highest BCUT2D eigenvalue weighted by Gasteiger charge is 2.25. The molecule has 3 aromatic rings. The van der Waals surface area contributed by atoms with Crippen molar-refractivity contribution in [3.05, 3.63) is 60.2 Å². The summed E-state index contributed by atoms with van der Waals surface area (Å²) < 4.78 is 27.6. The van der Waals surface area contributed by atoms with Gasteiger partial charge in [-0.2, -0.15) is 4.80 Å². The molecule has 1 N–H and O–H groups in total. The fourth-order valence-electron chi connectivity index (χ4n) is 3.87. The van der Waals surface area contributed by atoms with E-state index in [0.717, 1.165) is 41.8 Å². The first-order chi connectivity index (χ1) is 16.0. The number of hydrogen-bond acceptors (Lipinski definition) is 5. The number of carbonyl (C=O) groups is 2. The van der Waals surface area contributed by atoms with E-state index in [9.17, 15) is 18.4 Å². The smallest absolute Gasteiger partial charge is 0.251 e. The van der Waals surface area contributed by atoms with Gasteiger partial charge in [-0.15, -0.1) is 10.2 Å². The molecule has 0 spiro atoms. The fourth-order valence-corrected chi connectivity index (χ4v) is 3.87. The minimum atomic E-state index is -0.616. The minimum Gasteiger partial charge on any atom is -0.352 e. The summed E-state index contributed by atoms with van der Waals surface area (Å²) in [5.74, 6) is -1.71. The lowest BCUT2D eigenvalue weighted by molar-refractivity contribution is -0.124. The number of anilines is 1. The predicted octanol–water partition coefficient (Wildman–Crippen LogP) is 3.10. The number of hydrogen-bond donors (Lipinski definition) is 1. The average Bonchev–Trinajstić information content (AvgIpc) is 3.27. The summed E-state index contributed by atoms with van der Waals surface area (Å²) in [6.07, 6.45) is 5.05. The molecule has 4 rings (SSSR count). The molecule has 1 fully saturated rings. The Morgan fingerprint density at radius 1 is 1.03 bits per heavy atom. The second-order valence-corrected chi connectivity index (χ2v) is 7.98. The van der Waals surface area contributed by atoms with Gasteiger partial charge in [-0.25, -0.2) is 8.78 Å². The molecule has 8 nitrogen and oxygen atoms in total. The van der Waals surface area contributed by atoms with Gasteiger partial charge in [0.2, 0.25) is 11.7 Å². The molecule has 33 heavy (non-hydrogen) atoms. The van der Waals surface area contributed by atoms with Gasteiger partial charge in [-0.1, -0.05) is 31.4 Å². The Hall–Kier alpha value is -3.69. The lowest BCUT2D eigenvalue weighted by Crippen LogP contribution is -2.46. The molecule has 0 radical (unpaired) electrons. The Bertz CT molecular complexity index is 1110. The van der Waals surface area contributed by atoms with E-state index in [2.05, 4.69) is 20.7 Å². The Balaban J connectivity index is 1.49. The maximum Gasteiger partial charge on any atom is 0.251 e. The SMILES string of the molecule is O=C(CN(C(=O)Cn1nnc(-c2ccc(F)cc2)n1)c1ccccc1F)NC1CCCCC1. The first-order valence-electron chi connectivity index (χ1n) is 10.9. The van der Waals surface area contributed by atoms with Crippen molar-refractivity contribution in [3.8, 4) is 11.4 Å². The molecule has 2 aromatic carbocycles. The Labute approximate surface area is 189 Å². The van der Waals surface area contributed by atoms with Crippen LogP contribution in [0.3, 0.4) is 0 Å². The monoisotopic (exact) mass is 454 g/mol. The maximum absolute atomic E-state index is 14.5. The van der Waals surface area contributed by atoms with E-state index >= 15 is 0 Å². The third kappa shape index (κ3) is 5.76. The summed E-state index contributed by atoms with van der Waals surface area (Å²) >= 11 is 0. The summed E-state index contributed by atoms with van der Waals surface area (Å²) in [7, 11) is 0. The molecule has 1 heterocycles. The highest BCUT2D eigenvalue weighted by Crippen LogP contribution is 2.21. The van der Waals surface area contributed by atoms with Crippen molar-refractivity contribution in [1.82, 2.24) is 25.5 Å². The molecule has 0 saturated heterocycles. The van der Waals surface area contributed by atoms with Crippen LogP contribution in [0.1, 0.15) is 32.1 Å². The van der Waals surface area contributed by atoms with Crippen molar-refractivity contribution >= 4 is 17.5 Å². The first kappa shape index (κ1) is 22.5. The van der Waals surface area contributed by atoms with Crippen molar-refractivity contribution in [2.75, 3.05) is 11.4 Å². The summed E-state index contributed by atoms with van der Waals surface area (Å²) in [6.45, 7) is -0.672. The second kappa shape index (κ2) is 10.3. The average molecular weight is 454 g/mol.